The van der Waals surface area contributed by atoms with Crippen LogP contribution in [0.3, 0.4) is 0 Å². The molecule has 0 unspecified atom stereocenters. The average Bonchev–Trinajstić information content (AvgIpc) is 3.48. The van der Waals surface area contributed by atoms with Gasteiger partial charge in [-0.25, -0.2) is 9.97 Å². The van der Waals surface area contributed by atoms with Gasteiger partial charge in [-0.05, 0) is 50.5 Å². The third-order valence-electron chi connectivity index (χ3n) is 7.35. The Morgan fingerprint density at radius 3 is 2.59 bits per heavy atom. The second kappa shape index (κ2) is 9.00. The molecule has 0 spiro atoms. The molecule has 0 N–H and O–H groups in total. The summed E-state index contributed by atoms with van der Waals surface area (Å²) in [5.74, 6) is 2.32. The molecule has 6 nitrogen and oxygen atoms in total. The summed E-state index contributed by atoms with van der Waals surface area (Å²) in [5, 5.41) is 0. The Morgan fingerprint density at radius 2 is 1.81 bits per heavy atom. The van der Waals surface area contributed by atoms with Gasteiger partial charge in [-0.2, -0.15) is 0 Å². The zero-order valence-corrected chi connectivity index (χ0v) is 18.9. The topological polar surface area (TPSA) is 66.4 Å². The van der Waals surface area contributed by atoms with Gasteiger partial charge in [0.2, 0.25) is 11.8 Å². The summed E-state index contributed by atoms with van der Waals surface area (Å²) in [5.41, 5.74) is 3.08. The maximum absolute atomic E-state index is 13.1. The van der Waals surface area contributed by atoms with Crippen molar-refractivity contribution in [2.75, 3.05) is 11.4 Å². The van der Waals surface area contributed by atoms with Gasteiger partial charge in [0.1, 0.15) is 5.82 Å². The lowest BCUT2D eigenvalue weighted by atomic mass is 10.0. The summed E-state index contributed by atoms with van der Waals surface area (Å²) in [6, 6.07) is 9.97. The van der Waals surface area contributed by atoms with Crippen LogP contribution in [0.25, 0.3) is 0 Å². The molecule has 5 rings (SSSR count). The molecule has 2 aliphatic heterocycles. The first-order valence-electron chi connectivity index (χ1n) is 12.1. The fourth-order valence-electron chi connectivity index (χ4n) is 5.59. The van der Waals surface area contributed by atoms with E-state index in [2.05, 4.69) is 0 Å². The molecule has 168 valence electrons. The zero-order valence-electron chi connectivity index (χ0n) is 18.9. The Balaban J connectivity index is 1.43. The summed E-state index contributed by atoms with van der Waals surface area (Å²) in [4.78, 5) is 39.6. The van der Waals surface area contributed by atoms with Gasteiger partial charge in [-0.3, -0.25) is 14.5 Å². The molecule has 2 aromatic rings. The predicted octanol–water partition coefficient (Wildman–Crippen LogP) is 4.51. The minimum Gasteiger partial charge on any atom is -0.332 e. The molecule has 32 heavy (non-hydrogen) atoms. The van der Waals surface area contributed by atoms with Gasteiger partial charge in [-0.15, -0.1) is 0 Å². The first kappa shape index (κ1) is 21.1. The van der Waals surface area contributed by atoms with Crippen LogP contribution in [0.5, 0.6) is 0 Å². The highest BCUT2D eigenvalue weighted by Crippen LogP contribution is 2.36. The van der Waals surface area contributed by atoms with Crippen molar-refractivity contribution in [3.8, 4) is 0 Å². The van der Waals surface area contributed by atoms with Gasteiger partial charge in [0.25, 0.3) is 0 Å². The van der Waals surface area contributed by atoms with Crippen molar-refractivity contribution in [1.82, 2.24) is 14.9 Å². The molecule has 3 aliphatic rings. The fraction of sp³-hybridized carbons (Fsp3) is 0.538. The normalized spacial score (nSPS) is 21.3. The Bertz CT molecular complexity index is 1000. The molecule has 1 atom stereocenters. The molecule has 1 aliphatic carbocycles. The van der Waals surface area contributed by atoms with E-state index in [9.17, 15) is 9.59 Å². The number of likely N-dealkylation sites (tertiary alicyclic amines) is 1. The van der Waals surface area contributed by atoms with Crippen LogP contribution < -0.4 is 4.90 Å². The van der Waals surface area contributed by atoms with E-state index in [0.29, 0.717) is 37.5 Å². The van der Waals surface area contributed by atoms with Crippen molar-refractivity contribution in [3.05, 3.63) is 53.0 Å². The van der Waals surface area contributed by atoms with Gasteiger partial charge < -0.3 is 4.90 Å². The SMILES string of the molecule is Cc1nc([C@@H]2CCCN2C(=O)CC2CCCC2)nc2c1CCC(=O)N2Cc1ccccc1. The van der Waals surface area contributed by atoms with Gasteiger partial charge in [-0.1, -0.05) is 43.2 Å². The molecule has 6 heteroatoms. The highest BCUT2D eigenvalue weighted by molar-refractivity contribution is 5.95. The van der Waals surface area contributed by atoms with Gasteiger partial charge in [0, 0.05) is 30.6 Å². The third-order valence-corrected chi connectivity index (χ3v) is 7.35. The molecule has 3 heterocycles. The van der Waals surface area contributed by atoms with Crippen molar-refractivity contribution in [2.24, 2.45) is 5.92 Å². The second-order valence-electron chi connectivity index (χ2n) is 9.53. The van der Waals surface area contributed by atoms with Gasteiger partial charge >= 0.3 is 0 Å². The maximum Gasteiger partial charge on any atom is 0.228 e. The summed E-state index contributed by atoms with van der Waals surface area (Å²) < 4.78 is 0. The Labute approximate surface area is 190 Å². The maximum atomic E-state index is 13.1. The number of carbonyl (C=O) groups is 2. The smallest absolute Gasteiger partial charge is 0.228 e. The molecule has 1 saturated carbocycles. The number of hydrogen-bond acceptors (Lipinski definition) is 4. The largest absolute Gasteiger partial charge is 0.332 e. The second-order valence-corrected chi connectivity index (χ2v) is 9.53. The number of aryl methyl sites for hydroxylation is 1. The van der Waals surface area contributed by atoms with E-state index in [1.165, 1.54) is 25.7 Å². The average molecular weight is 433 g/mol. The van der Waals surface area contributed by atoms with Crippen molar-refractivity contribution >= 4 is 17.6 Å². The number of benzene rings is 1. The Kier molecular flexibility index (Phi) is 5.94. The van der Waals surface area contributed by atoms with E-state index in [-0.39, 0.29) is 17.9 Å². The molecule has 2 fully saturated rings. The Morgan fingerprint density at radius 1 is 1.03 bits per heavy atom. The number of anilines is 1. The summed E-state index contributed by atoms with van der Waals surface area (Å²) in [7, 11) is 0. The fourth-order valence-corrected chi connectivity index (χ4v) is 5.59. The van der Waals surface area contributed by atoms with E-state index in [1.54, 1.807) is 0 Å². The lowest BCUT2D eigenvalue weighted by Crippen LogP contribution is -2.37. The molecular weight excluding hydrogens is 400 g/mol. The lowest BCUT2D eigenvalue weighted by molar-refractivity contribution is -0.133. The first-order valence-corrected chi connectivity index (χ1v) is 12.1. The standard InChI is InChI=1S/C26H32N4O2/c1-18-21-13-14-23(31)30(17-20-10-3-2-4-11-20)26(21)28-25(27-18)22-12-7-15-29(22)24(32)16-19-8-5-6-9-19/h2-4,10-11,19,22H,5-9,12-17H2,1H3/t22-/m0/s1. The number of fused-ring (bicyclic) bond motifs is 1. The van der Waals surface area contributed by atoms with Crippen molar-refractivity contribution in [2.45, 2.75) is 77.3 Å². The lowest BCUT2D eigenvalue weighted by Gasteiger charge is -2.31. The highest BCUT2D eigenvalue weighted by Gasteiger charge is 2.35. The summed E-state index contributed by atoms with van der Waals surface area (Å²) in [6.07, 6.45) is 8.54. The number of rotatable bonds is 5. The highest BCUT2D eigenvalue weighted by atomic mass is 16.2. The number of amides is 2. The van der Waals surface area contributed by atoms with Crippen LogP contribution in [0.15, 0.2) is 30.3 Å². The summed E-state index contributed by atoms with van der Waals surface area (Å²) in [6.45, 7) is 3.31. The number of carbonyl (C=O) groups excluding carboxylic acids is 2. The van der Waals surface area contributed by atoms with Crippen LogP contribution >= 0.6 is 0 Å². The monoisotopic (exact) mass is 432 g/mol. The van der Waals surface area contributed by atoms with E-state index >= 15 is 0 Å². The number of hydrogen-bond donors (Lipinski definition) is 0. The number of aromatic nitrogens is 2. The van der Waals surface area contributed by atoms with Crippen LogP contribution in [-0.4, -0.2) is 33.2 Å². The number of nitrogens with zero attached hydrogens (tertiary/aromatic N) is 4. The van der Waals surface area contributed by atoms with E-state index < -0.39 is 0 Å². The van der Waals surface area contributed by atoms with E-state index in [1.807, 2.05) is 47.1 Å². The zero-order chi connectivity index (χ0) is 22.1. The minimum absolute atomic E-state index is 0.0801. The molecule has 0 radical (unpaired) electrons. The first-order chi connectivity index (χ1) is 15.6. The van der Waals surface area contributed by atoms with Crippen LogP contribution in [0.4, 0.5) is 5.82 Å². The molecule has 1 saturated heterocycles. The molecule has 1 aromatic heterocycles. The van der Waals surface area contributed by atoms with Crippen LogP contribution in [-0.2, 0) is 22.6 Å². The predicted molar refractivity (Wildman–Crippen MR) is 123 cm³/mol. The van der Waals surface area contributed by atoms with Crippen molar-refractivity contribution in [3.63, 3.8) is 0 Å². The molecule has 0 bridgehead atoms. The van der Waals surface area contributed by atoms with Crippen LogP contribution in [0, 0.1) is 12.8 Å². The van der Waals surface area contributed by atoms with Gasteiger partial charge in [0.15, 0.2) is 5.82 Å². The van der Waals surface area contributed by atoms with Crippen LogP contribution in [0.1, 0.15) is 80.1 Å². The summed E-state index contributed by atoms with van der Waals surface area (Å²) >= 11 is 0. The molecule has 2 amide bonds. The Hall–Kier alpha value is -2.76. The van der Waals surface area contributed by atoms with Crippen LogP contribution in [0.2, 0.25) is 0 Å². The van der Waals surface area contributed by atoms with Crippen molar-refractivity contribution in [1.29, 1.82) is 0 Å². The third kappa shape index (κ3) is 4.15. The minimum atomic E-state index is -0.0801. The van der Waals surface area contributed by atoms with Gasteiger partial charge in [0.05, 0.1) is 12.6 Å². The van der Waals surface area contributed by atoms with E-state index in [4.69, 9.17) is 9.97 Å². The molecular formula is C26H32N4O2. The van der Waals surface area contributed by atoms with Crippen molar-refractivity contribution < 1.29 is 9.59 Å². The molecule has 1 aromatic carbocycles. The quantitative estimate of drug-likeness (QED) is 0.697. The van der Waals surface area contributed by atoms with E-state index in [0.717, 1.165) is 42.0 Å².